The molecule has 3 aromatic carbocycles. The van der Waals surface area contributed by atoms with E-state index in [2.05, 4.69) is 10.3 Å². The molecule has 0 saturated carbocycles. The van der Waals surface area contributed by atoms with E-state index in [1.54, 1.807) is 35.2 Å². The molecule has 41 heavy (non-hydrogen) atoms. The maximum Gasteiger partial charge on any atom is 0.322 e. The van der Waals surface area contributed by atoms with Gasteiger partial charge in [-0.25, -0.2) is 9.18 Å². The lowest BCUT2D eigenvalue weighted by Crippen LogP contribution is -2.46. The summed E-state index contributed by atoms with van der Waals surface area (Å²) in [5.74, 6) is 0.439. The zero-order valence-electron chi connectivity index (χ0n) is 23.5. The zero-order chi connectivity index (χ0) is 29.2. The summed E-state index contributed by atoms with van der Waals surface area (Å²) in [4.78, 5) is 33.4. The molecule has 0 bridgehead atoms. The van der Waals surface area contributed by atoms with Crippen molar-refractivity contribution < 1.29 is 28.2 Å². The third-order valence-electron chi connectivity index (χ3n) is 6.75. The van der Waals surface area contributed by atoms with Crippen molar-refractivity contribution in [2.45, 2.75) is 13.0 Å². The third-order valence-corrected chi connectivity index (χ3v) is 6.75. The Balaban J connectivity index is 1.52. The predicted octanol–water partition coefficient (Wildman–Crippen LogP) is 5.08. The molecule has 0 radical (unpaired) electrons. The minimum atomic E-state index is -0.468. The van der Waals surface area contributed by atoms with Crippen LogP contribution in [0, 0.1) is 5.82 Å². The number of carbonyl (C=O) groups excluding carboxylic acids is 2. The summed E-state index contributed by atoms with van der Waals surface area (Å²) in [5.41, 5.74) is 3.35. The van der Waals surface area contributed by atoms with Gasteiger partial charge >= 0.3 is 6.03 Å². The van der Waals surface area contributed by atoms with Crippen LogP contribution < -0.4 is 14.8 Å². The maximum atomic E-state index is 13.7. The molecule has 1 aromatic heterocycles. The second-order valence-corrected chi connectivity index (χ2v) is 9.50. The molecular weight excluding hydrogens is 527 g/mol. The number of H-pyrrole nitrogens is 1. The van der Waals surface area contributed by atoms with Crippen LogP contribution in [-0.2, 0) is 22.5 Å². The minimum absolute atomic E-state index is 0.175. The highest BCUT2D eigenvalue weighted by Gasteiger charge is 2.22. The summed E-state index contributed by atoms with van der Waals surface area (Å²) in [7, 11) is 4.58. The Bertz CT molecular complexity index is 1430. The number of benzene rings is 3. The fourth-order valence-corrected chi connectivity index (χ4v) is 4.50. The SMILES string of the molecule is COCCN(CC(=O)N(CCc1c[nH]c2ccccc12)Cc1ccc(F)cc1)C(=O)Nc1cc(OC)cc(OC)c1. The Morgan fingerprint density at radius 3 is 2.29 bits per heavy atom. The Morgan fingerprint density at radius 2 is 1.61 bits per heavy atom. The number of halogens is 1. The highest BCUT2D eigenvalue weighted by atomic mass is 19.1. The molecule has 1 heterocycles. The Kier molecular flexibility index (Phi) is 10.2. The summed E-state index contributed by atoms with van der Waals surface area (Å²) >= 11 is 0. The number of nitrogens with zero attached hydrogens (tertiary/aromatic N) is 2. The molecular formula is C31H35FN4O5. The second kappa shape index (κ2) is 14.2. The smallest absolute Gasteiger partial charge is 0.322 e. The van der Waals surface area contributed by atoms with E-state index in [0.717, 1.165) is 22.0 Å². The van der Waals surface area contributed by atoms with E-state index in [-0.39, 0.29) is 38.0 Å². The molecule has 0 unspecified atom stereocenters. The number of methoxy groups -OCH3 is 3. The van der Waals surface area contributed by atoms with Crippen LogP contribution in [0.5, 0.6) is 11.5 Å². The predicted molar refractivity (Wildman–Crippen MR) is 156 cm³/mol. The maximum absolute atomic E-state index is 13.7. The topological polar surface area (TPSA) is 96.1 Å². The van der Waals surface area contributed by atoms with Crippen LogP contribution in [0.15, 0.2) is 72.9 Å². The number of hydrogen-bond donors (Lipinski definition) is 2. The van der Waals surface area contributed by atoms with Gasteiger partial charge in [-0.05, 0) is 35.7 Å². The molecule has 0 saturated heterocycles. The number of amides is 3. The van der Waals surface area contributed by atoms with Crippen molar-refractivity contribution in [1.29, 1.82) is 0 Å². The van der Waals surface area contributed by atoms with Crippen molar-refractivity contribution in [3.05, 3.63) is 89.9 Å². The first-order chi connectivity index (χ1) is 19.9. The number of urea groups is 1. The average molecular weight is 563 g/mol. The first-order valence-corrected chi connectivity index (χ1v) is 13.2. The molecule has 0 aliphatic carbocycles. The minimum Gasteiger partial charge on any atom is -0.497 e. The Labute approximate surface area is 238 Å². The van der Waals surface area contributed by atoms with Crippen LogP contribution in [0.4, 0.5) is 14.9 Å². The van der Waals surface area contributed by atoms with Crippen LogP contribution in [0.25, 0.3) is 10.9 Å². The molecule has 0 aliphatic rings. The molecule has 4 aromatic rings. The lowest BCUT2D eigenvalue weighted by molar-refractivity contribution is -0.132. The summed E-state index contributed by atoms with van der Waals surface area (Å²) in [6.07, 6.45) is 2.55. The third kappa shape index (κ3) is 7.98. The number of carbonyl (C=O) groups is 2. The molecule has 216 valence electrons. The standard InChI is InChI=1S/C31H35FN4O5/c1-39-15-14-36(31(38)34-25-16-26(40-2)18-27(17-25)41-3)21-30(37)35(20-22-8-10-24(32)11-9-22)13-12-23-19-33-29-7-5-4-6-28(23)29/h4-11,16-19,33H,12-15,20-21H2,1-3H3,(H,34,38). The normalized spacial score (nSPS) is 10.8. The van der Waals surface area contributed by atoms with Crippen LogP contribution in [0.1, 0.15) is 11.1 Å². The summed E-state index contributed by atoms with van der Waals surface area (Å²) < 4.78 is 29.4. The van der Waals surface area contributed by atoms with Gasteiger partial charge in [0.2, 0.25) is 5.91 Å². The van der Waals surface area contributed by atoms with Crippen molar-refractivity contribution in [3.8, 4) is 11.5 Å². The van der Waals surface area contributed by atoms with Crippen LogP contribution >= 0.6 is 0 Å². The Hall–Kier alpha value is -4.57. The van der Waals surface area contributed by atoms with Gasteiger partial charge in [-0.2, -0.15) is 0 Å². The molecule has 2 N–H and O–H groups in total. The van der Waals surface area contributed by atoms with Gasteiger partial charge in [0.25, 0.3) is 0 Å². The first-order valence-electron chi connectivity index (χ1n) is 13.2. The van der Waals surface area contributed by atoms with Gasteiger partial charge in [0.05, 0.1) is 20.8 Å². The number of hydrogen-bond acceptors (Lipinski definition) is 5. The van der Waals surface area contributed by atoms with E-state index in [0.29, 0.717) is 30.2 Å². The van der Waals surface area contributed by atoms with Crippen molar-refractivity contribution in [3.63, 3.8) is 0 Å². The molecule has 3 amide bonds. The number of para-hydroxylation sites is 1. The van der Waals surface area contributed by atoms with Gasteiger partial charge < -0.3 is 34.3 Å². The van der Waals surface area contributed by atoms with Gasteiger partial charge in [0.1, 0.15) is 23.9 Å². The highest BCUT2D eigenvalue weighted by molar-refractivity contribution is 5.93. The number of aromatic amines is 1. The highest BCUT2D eigenvalue weighted by Crippen LogP contribution is 2.26. The second-order valence-electron chi connectivity index (χ2n) is 9.50. The summed E-state index contributed by atoms with van der Waals surface area (Å²) in [5, 5.41) is 3.92. The fourth-order valence-electron chi connectivity index (χ4n) is 4.50. The van der Waals surface area contributed by atoms with Gasteiger partial charge in [-0.3, -0.25) is 4.79 Å². The Morgan fingerprint density at radius 1 is 0.902 bits per heavy atom. The number of ether oxygens (including phenoxy) is 3. The van der Waals surface area contributed by atoms with Crippen molar-refractivity contribution >= 4 is 28.5 Å². The van der Waals surface area contributed by atoms with Gasteiger partial charge in [0, 0.05) is 67.7 Å². The van der Waals surface area contributed by atoms with E-state index in [1.165, 1.54) is 38.4 Å². The van der Waals surface area contributed by atoms with E-state index in [1.807, 2.05) is 30.5 Å². The molecule has 10 heteroatoms. The molecule has 0 atom stereocenters. The van der Waals surface area contributed by atoms with Crippen molar-refractivity contribution in [2.24, 2.45) is 0 Å². The quantitative estimate of drug-likeness (QED) is 0.237. The number of aromatic nitrogens is 1. The zero-order valence-corrected chi connectivity index (χ0v) is 23.5. The first kappa shape index (κ1) is 29.4. The van der Waals surface area contributed by atoms with E-state index >= 15 is 0 Å². The molecule has 0 aliphatic heterocycles. The van der Waals surface area contributed by atoms with Gasteiger partial charge in [0.15, 0.2) is 0 Å². The van der Waals surface area contributed by atoms with Crippen LogP contribution in [-0.4, -0.2) is 74.3 Å². The summed E-state index contributed by atoms with van der Waals surface area (Å²) in [6.45, 7) is 0.946. The van der Waals surface area contributed by atoms with Crippen molar-refractivity contribution in [2.75, 3.05) is 52.9 Å². The van der Waals surface area contributed by atoms with Crippen LogP contribution in [0.3, 0.4) is 0 Å². The van der Waals surface area contributed by atoms with Crippen LogP contribution in [0.2, 0.25) is 0 Å². The summed E-state index contributed by atoms with van der Waals surface area (Å²) in [6, 6.07) is 18.6. The fraction of sp³-hybridized carbons (Fsp3) is 0.290. The van der Waals surface area contributed by atoms with E-state index in [9.17, 15) is 14.0 Å². The number of fused-ring (bicyclic) bond motifs is 1. The largest absolute Gasteiger partial charge is 0.497 e. The monoisotopic (exact) mass is 562 g/mol. The van der Waals surface area contributed by atoms with Gasteiger partial charge in [-0.15, -0.1) is 0 Å². The lowest BCUT2D eigenvalue weighted by Gasteiger charge is -2.28. The van der Waals surface area contributed by atoms with Gasteiger partial charge in [-0.1, -0.05) is 30.3 Å². The average Bonchev–Trinajstić information content (AvgIpc) is 3.40. The molecule has 0 fully saturated rings. The lowest BCUT2D eigenvalue weighted by atomic mass is 10.1. The number of anilines is 1. The molecule has 9 nitrogen and oxygen atoms in total. The van der Waals surface area contributed by atoms with E-state index in [4.69, 9.17) is 14.2 Å². The van der Waals surface area contributed by atoms with E-state index < -0.39 is 6.03 Å². The number of rotatable bonds is 13. The molecule has 4 rings (SSSR count). The van der Waals surface area contributed by atoms with Crippen molar-refractivity contribution in [1.82, 2.24) is 14.8 Å². The molecule has 0 spiro atoms. The number of nitrogens with one attached hydrogen (secondary N) is 2.